The zero-order chi connectivity index (χ0) is 49.3. The number of rotatable bonds is 49. The van der Waals surface area contributed by atoms with Crippen molar-refractivity contribution in [1.29, 1.82) is 0 Å². The quantitative estimate of drug-likeness (QED) is 0.0262. The minimum Gasteiger partial charge on any atom is -0.462 e. The third-order valence-corrected chi connectivity index (χ3v) is 11.5. The van der Waals surface area contributed by atoms with E-state index in [1.54, 1.807) is 0 Å². The smallest absolute Gasteiger partial charge is 0.306 e. The molecule has 0 aromatic rings. The summed E-state index contributed by atoms with van der Waals surface area (Å²) in [5.41, 5.74) is 0. The van der Waals surface area contributed by atoms with E-state index in [1.807, 2.05) is 6.08 Å². The van der Waals surface area contributed by atoms with Gasteiger partial charge in [-0.2, -0.15) is 0 Å². The van der Waals surface area contributed by atoms with Crippen molar-refractivity contribution in [2.75, 3.05) is 13.2 Å². The Balaban J connectivity index is 4.53. The molecule has 0 bridgehead atoms. The Morgan fingerprint density at radius 3 is 0.941 bits per heavy atom. The van der Waals surface area contributed by atoms with Gasteiger partial charge in [-0.25, -0.2) is 0 Å². The van der Waals surface area contributed by atoms with Crippen molar-refractivity contribution in [3.8, 4) is 0 Å². The van der Waals surface area contributed by atoms with E-state index in [4.69, 9.17) is 14.2 Å². The normalized spacial score (nSPS) is 12.9. The maximum absolute atomic E-state index is 12.8. The topological polar surface area (TPSA) is 78.9 Å². The lowest BCUT2D eigenvalue weighted by Gasteiger charge is -2.18. The second-order valence-electron chi connectivity index (χ2n) is 18.1. The number of carbonyl (C=O) groups excluding carboxylic acids is 3. The van der Waals surface area contributed by atoms with E-state index < -0.39 is 6.10 Å². The molecule has 0 saturated carbocycles. The SMILES string of the molecule is CCCCC/C=C\C/C=C\C/C=C\C/C=C\C/C=C\CCC(=O)OC[C@H](COC(=O)CCCCC/C=C\C/C=C\C/C=C\C/C=C\CCCCC)OC(=O)CCCCCCCCCCCCCC. The third-order valence-electron chi connectivity index (χ3n) is 11.5. The fraction of sp³-hybridized carbons (Fsp3) is 0.661. The monoisotopic (exact) mass is 943 g/mol. The molecule has 0 unspecified atom stereocenters. The Kier molecular flexibility index (Phi) is 52.4. The summed E-state index contributed by atoms with van der Waals surface area (Å²) in [6, 6.07) is 0. The Hall–Kier alpha value is -3.93. The number of hydrogen-bond acceptors (Lipinski definition) is 6. The van der Waals surface area contributed by atoms with Crippen molar-refractivity contribution in [1.82, 2.24) is 0 Å². The van der Waals surface area contributed by atoms with Gasteiger partial charge in [0.05, 0.1) is 0 Å². The fourth-order valence-electron chi connectivity index (χ4n) is 7.29. The molecular weight excluding hydrogens is 841 g/mol. The van der Waals surface area contributed by atoms with Gasteiger partial charge in [0.15, 0.2) is 6.10 Å². The van der Waals surface area contributed by atoms with Crippen molar-refractivity contribution in [3.05, 3.63) is 109 Å². The van der Waals surface area contributed by atoms with Crippen LogP contribution < -0.4 is 0 Å². The summed E-state index contributed by atoms with van der Waals surface area (Å²) in [4.78, 5) is 38.0. The first kappa shape index (κ1) is 64.1. The summed E-state index contributed by atoms with van der Waals surface area (Å²) in [5, 5.41) is 0. The number of ether oxygens (including phenoxy) is 3. The van der Waals surface area contributed by atoms with Gasteiger partial charge in [0.25, 0.3) is 0 Å². The van der Waals surface area contributed by atoms with Crippen LogP contribution >= 0.6 is 0 Å². The summed E-state index contributed by atoms with van der Waals surface area (Å²) < 4.78 is 16.7. The van der Waals surface area contributed by atoms with E-state index in [1.165, 1.54) is 109 Å². The highest BCUT2D eigenvalue weighted by molar-refractivity contribution is 5.71. The lowest BCUT2D eigenvalue weighted by molar-refractivity contribution is -0.166. The van der Waals surface area contributed by atoms with Crippen molar-refractivity contribution in [2.24, 2.45) is 0 Å². The van der Waals surface area contributed by atoms with Crippen LogP contribution in [0.25, 0.3) is 0 Å². The molecule has 6 heteroatoms. The number of unbranched alkanes of at least 4 members (excludes halogenated alkanes) is 20. The van der Waals surface area contributed by atoms with E-state index in [0.29, 0.717) is 19.3 Å². The predicted octanol–water partition coefficient (Wildman–Crippen LogP) is 18.7. The van der Waals surface area contributed by atoms with Crippen LogP contribution in [0.1, 0.15) is 245 Å². The van der Waals surface area contributed by atoms with Crippen LogP contribution in [0.4, 0.5) is 0 Å². The van der Waals surface area contributed by atoms with Gasteiger partial charge in [-0.15, -0.1) is 0 Å². The van der Waals surface area contributed by atoms with Crippen LogP contribution in [0.3, 0.4) is 0 Å². The molecule has 0 aromatic carbocycles. The van der Waals surface area contributed by atoms with E-state index in [9.17, 15) is 14.4 Å². The number of hydrogen-bond donors (Lipinski definition) is 0. The highest BCUT2D eigenvalue weighted by Crippen LogP contribution is 2.14. The molecular formula is C62H102O6. The zero-order valence-electron chi connectivity index (χ0n) is 44.1. The van der Waals surface area contributed by atoms with Crippen molar-refractivity contribution in [3.63, 3.8) is 0 Å². The van der Waals surface area contributed by atoms with E-state index >= 15 is 0 Å². The van der Waals surface area contributed by atoms with Gasteiger partial charge in [-0.3, -0.25) is 14.4 Å². The molecule has 0 N–H and O–H groups in total. The zero-order valence-corrected chi connectivity index (χ0v) is 44.1. The van der Waals surface area contributed by atoms with Gasteiger partial charge in [0, 0.05) is 19.3 Å². The van der Waals surface area contributed by atoms with Crippen LogP contribution in [-0.4, -0.2) is 37.2 Å². The molecule has 0 aliphatic rings. The van der Waals surface area contributed by atoms with Crippen molar-refractivity contribution in [2.45, 2.75) is 252 Å². The molecule has 0 aliphatic heterocycles. The molecule has 0 heterocycles. The molecule has 1 atom stereocenters. The average molecular weight is 943 g/mol. The molecule has 0 fully saturated rings. The summed E-state index contributed by atoms with van der Waals surface area (Å²) in [5.74, 6) is -1.03. The molecule has 0 aromatic heterocycles. The second kappa shape index (κ2) is 55.7. The minimum atomic E-state index is -0.821. The first-order valence-corrected chi connectivity index (χ1v) is 27.9. The number of carbonyl (C=O) groups is 3. The highest BCUT2D eigenvalue weighted by atomic mass is 16.6. The molecule has 0 spiro atoms. The van der Waals surface area contributed by atoms with Gasteiger partial charge in [-0.05, 0) is 103 Å². The summed E-state index contributed by atoms with van der Waals surface area (Å²) in [7, 11) is 0. The first-order valence-electron chi connectivity index (χ1n) is 27.9. The predicted molar refractivity (Wildman–Crippen MR) is 293 cm³/mol. The first-order chi connectivity index (χ1) is 33.5. The molecule has 0 radical (unpaired) electrons. The Morgan fingerprint density at radius 2 is 0.559 bits per heavy atom. The summed E-state index contributed by atoms with van der Waals surface area (Å²) in [6.07, 6.45) is 75.1. The van der Waals surface area contributed by atoms with Gasteiger partial charge >= 0.3 is 17.9 Å². The Morgan fingerprint density at radius 1 is 0.294 bits per heavy atom. The van der Waals surface area contributed by atoms with Gasteiger partial charge in [0.1, 0.15) is 13.2 Å². The molecule has 0 saturated heterocycles. The summed E-state index contributed by atoms with van der Waals surface area (Å²) >= 11 is 0. The van der Waals surface area contributed by atoms with E-state index in [0.717, 1.165) is 89.9 Å². The van der Waals surface area contributed by atoms with Crippen molar-refractivity contribution >= 4 is 17.9 Å². The van der Waals surface area contributed by atoms with E-state index in [-0.39, 0.29) is 37.5 Å². The number of allylic oxidation sites excluding steroid dienone is 18. The molecule has 6 nitrogen and oxygen atoms in total. The minimum absolute atomic E-state index is 0.118. The van der Waals surface area contributed by atoms with Gasteiger partial charge in [0.2, 0.25) is 0 Å². The fourth-order valence-corrected chi connectivity index (χ4v) is 7.29. The third kappa shape index (κ3) is 53.0. The van der Waals surface area contributed by atoms with Crippen LogP contribution in [0.15, 0.2) is 109 Å². The van der Waals surface area contributed by atoms with Crippen LogP contribution in [0, 0.1) is 0 Å². The largest absolute Gasteiger partial charge is 0.462 e. The highest BCUT2D eigenvalue weighted by Gasteiger charge is 2.19. The number of esters is 3. The Bertz CT molecular complexity index is 1410. The maximum atomic E-state index is 12.8. The van der Waals surface area contributed by atoms with Gasteiger partial charge in [-0.1, -0.05) is 233 Å². The summed E-state index contributed by atoms with van der Waals surface area (Å²) in [6.45, 7) is 6.48. The standard InChI is InChI=1S/C62H102O6/c1-4-7-10-13-16-19-22-25-27-29-31-33-35-37-40-42-45-48-51-54-60(63)66-57-59(68-62(65)56-53-50-47-44-39-24-21-18-15-12-9-6-3)58-67-61(64)55-52-49-46-43-41-38-36-34-32-30-28-26-23-20-17-14-11-8-5-2/h16-17,19-20,25-28,31-34,37-38,40-41,45,48,59H,4-15,18,21-24,29-30,35-36,39,42-44,46-47,49-58H2,1-3H3/b19-16-,20-17-,27-25-,28-26-,33-31-,34-32-,40-37-,41-38-,48-45-/t59-/m1/s1. The maximum Gasteiger partial charge on any atom is 0.306 e. The second-order valence-corrected chi connectivity index (χ2v) is 18.1. The Labute approximate surface area is 419 Å². The lowest BCUT2D eigenvalue weighted by Crippen LogP contribution is -2.30. The molecule has 68 heavy (non-hydrogen) atoms. The van der Waals surface area contributed by atoms with Crippen LogP contribution in [-0.2, 0) is 28.6 Å². The molecule has 0 rings (SSSR count). The van der Waals surface area contributed by atoms with Crippen LogP contribution in [0.5, 0.6) is 0 Å². The van der Waals surface area contributed by atoms with Gasteiger partial charge < -0.3 is 14.2 Å². The van der Waals surface area contributed by atoms with Crippen molar-refractivity contribution < 1.29 is 28.6 Å². The average Bonchev–Trinajstić information content (AvgIpc) is 3.34. The molecule has 386 valence electrons. The molecule has 0 aliphatic carbocycles. The lowest BCUT2D eigenvalue weighted by atomic mass is 10.0. The van der Waals surface area contributed by atoms with E-state index in [2.05, 4.69) is 124 Å². The van der Waals surface area contributed by atoms with Crippen LogP contribution in [0.2, 0.25) is 0 Å². The molecule has 0 amide bonds.